The molecule has 0 aromatic heterocycles. The maximum absolute atomic E-state index is 12.3. The maximum atomic E-state index is 12.3. The molecule has 0 bridgehead atoms. The van der Waals surface area contributed by atoms with Crippen molar-refractivity contribution < 1.29 is 48.7 Å². The molecule has 1 aliphatic heterocycles. The summed E-state index contributed by atoms with van der Waals surface area (Å²) in [5.41, 5.74) is -2.83. The van der Waals surface area contributed by atoms with E-state index in [-0.39, 0.29) is 0 Å². The summed E-state index contributed by atoms with van der Waals surface area (Å²) in [5, 5.41) is 29.8. The molecule has 1 fully saturated rings. The highest BCUT2D eigenvalue weighted by Gasteiger charge is 2.74. The molecule has 24 heavy (non-hydrogen) atoms. The van der Waals surface area contributed by atoms with Crippen molar-refractivity contribution in [3.63, 3.8) is 0 Å². The molecular formula is C14H20O10. The van der Waals surface area contributed by atoms with Gasteiger partial charge in [-0.15, -0.1) is 0 Å². The van der Waals surface area contributed by atoms with Crippen molar-refractivity contribution in [3.05, 3.63) is 0 Å². The van der Waals surface area contributed by atoms with E-state index in [9.17, 15) is 34.5 Å². The highest BCUT2D eigenvalue weighted by atomic mass is 16.8. The number of aliphatic hydroxyl groups excluding tert-OH is 3. The molecule has 0 spiro atoms. The van der Waals surface area contributed by atoms with Crippen LogP contribution in [0.5, 0.6) is 0 Å². The van der Waals surface area contributed by atoms with Crippen LogP contribution >= 0.6 is 0 Å². The summed E-state index contributed by atoms with van der Waals surface area (Å²) < 4.78 is 15.0. The first-order valence-electron chi connectivity index (χ1n) is 7.02. The summed E-state index contributed by atoms with van der Waals surface area (Å²) in [4.78, 5) is 47.5. The van der Waals surface area contributed by atoms with Gasteiger partial charge in [-0.1, -0.05) is 0 Å². The molecule has 0 saturated carbocycles. The van der Waals surface area contributed by atoms with Gasteiger partial charge in [0.1, 0.15) is 18.3 Å². The Morgan fingerprint density at radius 2 is 1.46 bits per heavy atom. The molecule has 1 aliphatic rings. The quantitative estimate of drug-likeness (QED) is 0.467. The van der Waals surface area contributed by atoms with Crippen LogP contribution in [-0.2, 0) is 33.4 Å². The van der Waals surface area contributed by atoms with Crippen LogP contribution in [0.3, 0.4) is 0 Å². The molecule has 0 amide bonds. The number of carbonyl (C=O) groups is 4. The van der Waals surface area contributed by atoms with Crippen LogP contribution in [0.15, 0.2) is 0 Å². The summed E-state index contributed by atoms with van der Waals surface area (Å²) >= 11 is 0. The normalized spacial score (nSPS) is 35.9. The van der Waals surface area contributed by atoms with Crippen LogP contribution in [-0.4, -0.2) is 75.1 Å². The summed E-state index contributed by atoms with van der Waals surface area (Å²) in [7, 11) is 0. The summed E-state index contributed by atoms with van der Waals surface area (Å²) in [6, 6.07) is 0. The number of hydrogen-bond acceptors (Lipinski definition) is 10. The van der Waals surface area contributed by atoms with E-state index in [0.29, 0.717) is 0 Å². The molecule has 1 heterocycles. The van der Waals surface area contributed by atoms with E-state index in [2.05, 4.69) is 0 Å². The summed E-state index contributed by atoms with van der Waals surface area (Å²) in [6.45, 7) is 2.66. The highest BCUT2D eigenvalue weighted by Crippen LogP contribution is 2.43. The predicted octanol–water partition coefficient (Wildman–Crippen LogP) is -2.16. The van der Waals surface area contributed by atoms with Crippen molar-refractivity contribution in [2.45, 2.75) is 57.4 Å². The number of aliphatic hydroxyl groups is 3. The van der Waals surface area contributed by atoms with Crippen LogP contribution < -0.4 is 0 Å². The smallest absolute Gasteiger partial charge is 0.324 e. The molecule has 1 unspecified atom stereocenters. The second-order valence-corrected chi connectivity index (χ2v) is 5.43. The Kier molecular flexibility index (Phi) is 5.82. The van der Waals surface area contributed by atoms with Crippen LogP contribution in [0, 0.1) is 0 Å². The van der Waals surface area contributed by atoms with Crippen LogP contribution in [0.2, 0.25) is 0 Å². The third-order valence-corrected chi connectivity index (χ3v) is 3.69. The maximum Gasteiger partial charge on any atom is 0.324 e. The van der Waals surface area contributed by atoms with Gasteiger partial charge in [0.25, 0.3) is 5.60 Å². The lowest BCUT2D eigenvalue weighted by Gasteiger charge is -2.53. The topological polar surface area (TPSA) is 157 Å². The van der Waals surface area contributed by atoms with E-state index in [1.54, 1.807) is 0 Å². The lowest BCUT2D eigenvalue weighted by atomic mass is 9.75. The van der Waals surface area contributed by atoms with E-state index in [1.807, 2.05) is 0 Å². The third kappa shape index (κ3) is 2.93. The fraction of sp³-hybridized carbons (Fsp3) is 0.714. The van der Waals surface area contributed by atoms with Gasteiger partial charge < -0.3 is 29.5 Å². The molecule has 5 atom stereocenters. The molecule has 1 rings (SSSR count). The molecule has 136 valence electrons. The Balaban J connectivity index is 3.76. The van der Waals surface area contributed by atoms with Crippen molar-refractivity contribution >= 4 is 23.5 Å². The van der Waals surface area contributed by atoms with Gasteiger partial charge in [0.2, 0.25) is 5.78 Å². The van der Waals surface area contributed by atoms with Gasteiger partial charge in [-0.2, -0.15) is 0 Å². The zero-order valence-corrected chi connectivity index (χ0v) is 13.6. The molecule has 10 nitrogen and oxygen atoms in total. The summed E-state index contributed by atoms with van der Waals surface area (Å²) in [6.07, 6.45) is -5.68. The number of rotatable bonds is 5. The summed E-state index contributed by atoms with van der Waals surface area (Å²) in [5.74, 6) is -7.22. The van der Waals surface area contributed by atoms with Gasteiger partial charge in [-0.3, -0.25) is 19.2 Å². The Morgan fingerprint density at radius 1 is 0.958 bits per heavy atom. The average Bonchev–Trinajstić information content (AvgIpc) is 2.45. The third-order valence-electron chi connectivity index (χ3n) is 3.69. The number of ether oxygens (including phenoxy) is 3. The number of hydrogen-bond donors (Lipinski definition) is 3. The first-order valence-corrected chi connectivity index (χ1v) is 7.02. The van der Waals surface area contributed by atoms with Crippen molar-refractivity contribution in [2.75, 3.05) is 6.61 Å². The Morgan fingerprint density at radius 3 is 1.79 bits per heavy atom. The van der Waals surface area contributed by atoms with Crippen molar-refractivity contribution in [2.24, 2.45) is 0 Å². The molecule has 0 aromatic rings. The second kappa shape index (κ2) is 6.93. The molecule has 1 saturated heterocycles. The molecule has 0 radical (unpaired) electrons. The van der Waals surface area contributed by atoms with E-state index < -0.39 is 59.8 Å². The van der Waals surface area contributed by atoms with Crippen LogP contribution in [0.4, 0.5) is 0 Å². The molecule has 0 aromatic carbocycles. The Bertz CT molecular complexity index is 558. The Hall–Kier alpha value is -1.88. The van der Waals surface area contributed by atoms with Crippen molar-refractivity contribution in [3.8, 4) is 0 Å². The first kappa shape index (κ1) is 20.2. The minimum atomic E-state index is -2.86. The molecule has 10 heteroatoms. The van der Waals surface area contributed by atoms with E-state index in [1.165, 1.54) is 0 Å². The average molecular weight is 348 g/mol. The van der Waals surface area contributed by atoms with Gasteiger partial charge in [0.15, 0.2) is 5.78 Å². The lowest BCUT2D eigenvalue weighted by Crippen LogP contribution is -2.80. The minimum absolute atomic E-state index is 0.864. The van der Waals surface area contributed by atoms with E-state index in [0.717, 1.165) is 27.7 Å². The van der Waals surface area contributed by atoms with Crippen LogP contribution in [0.25, 0.3) is 0 Å². The molecule has 3 N–H and O–H groups in total. The number of esters is 2. The second-order valence-electron chi connectivity index (χ2n) is 5.43. The van der Waals surface area contributed by atoms with Gasteiger partial charge in [0, 0.05) is 20.8 Å². The number of Topliss-reactive ketones (excluding diaryl/α,β-unsaturated/α-hetero) is 2. The zero-order valence-electron chi connectivity index (χ0n) is 13.6. The highest BCUT2D eigenvalue weighted by molar-refractivity contribution is 6.00. The number of carbonyl (C=O) groups excluding carboxylic acids is 4. The van der Waals surface area contributed by atoms with Crippen molar-refractivity contribution in [1.29, 1.82) is 0 Å². The van der Waals surface area contributed by atoms with Crippen molar-refractivity contribution in [1.82, 2.24) is 0 Å². The van der Waals surface area contributed by atoms with Gasteiger partial charge in [0.05, 0.1) is 6.61 Å². The largest absolute Gasteiger partial charge is 0.441 e. The SMILES string of the molecule is CC(=O)OC1(C(C)=O)O[C@H](CO)[C@@H](O)[C@H](O)[C@]1(OC(C)=O)C(C)=O. The first-order chi connectivity index (χ1) is 11.0. The van der Waals surface area contributed by atoms with Gasteiger partial charge in [-0.25, -0.2) is 0 Å². The fourth-order valence-electron chi connectivity index (χ4n) is 2.74. The molecule has 0 aliphatic carbocycles. The molecular weight excluding hydrogens is 328 g/mol. The minimum Gasteiger partial charge on any atom is -0.441 e. The van der Waals surface area contributed by atoms with E-state index in [4.69, 9.17) is 14.2 Å². The standard InChI is InChI=1S/C14H20O10/c1-6(16)13(22-8(3)18)12(21)11(20)10(5-15)24-14(13,7(2)17)23-9(4)19/h10-12,15,20-21H,5H2,1-4H3/t10-,11-,12+,13-,14?/m1/s1. The lowest BCUT2D eigenvalue weighted by molar-refractivity contribution is -0.358. The Labute approximate surface area is 137 Å². The monoisotopic (exact) mass is 348 g/mol. The fourth-order valence-corrected chi connectivity index (χ4v) is 2.74. The van der Waals surface area contributed by atoms with E-state index >= 15 is 0 Å². The predicted molar refractivity (Wildman–Crippen MR) is 74.3 cm³/mol. The zero-order chi connectivity index (χ0) is 18.9. The number of ketones is 2. The van der Waals surface area contributed by atoms with Crippen LogP contribution in [0.1, 0.15) is 27.7 Å². The van der Waals surface area contributed by atoms with Gasteiger partial charge >= 0.3 is 17.7 Å². The van der Waals surface area contributed by atoms with Gasteiger partial charge in [-0.05, 0) is 6.92 Å².